The molecule has 25 heavy (non-hydrogen) atoms. The average molecular weight is 424 g/mol. The zero-order valence-electron chi connectivity index (χ0n) is 14.0. The lowest BCUT2D eigenvalue weighted by atomic mass is 10.1. The number of anilines is 1. The Hall–Kier alpha value is -1.56. The molecule has 0 unspecified atom stereocenters. The molecular weight excluding hydrogens is 404 g/mol. The normalized spacial score (nSPS) is 14.4. The number of morpholine rings is 1. The van der Waals surface area contributed by atoms with Crippen molar-refractivity contribution in [2.45, 2.75) is 6.54 Å². The first-order valence-corrected chi connectivity index (χ1v) is 9.34. The van der Waals surface area contributed by atoms with Crippen LogP contribution in [0.4, 0.5) is 5.69 Å². The fourth-order valence-electron chi connectivity index (χ4n) is 2.85. The molecule has 2 aromatic carbocycles. The minimum absolute atomic E-state index is 0.0939. The van der Waals surface area contributed by atoms with E-state index in [1.807, 2.05) is 6.07 Å². The van der Waals surface area contributed by atoms with Crippen molar-refractivity contribution in [3.05, 3.63) is 63.1 Å². The lowest BCUT2D eigenvalue weighted by Crippen LogP contribution is -2.36. The maximum Gasteiger partial charge on any atom is 0.255 e. The Balaban J connectivity index is 1.67. The SMILES string of the molecule is CN(Cc1ccc(N2CCOCC2)cc1)C(=O)c1cc(Br)ccc1Cl. The molecule has 0 bridgehead atoms. The summed E-state index contributed by atoms with van der Waals surface area (Å²) in [7, 11) is 1.79. The van der Waals surface area contributed by atoms with Gasteiger partial charge in [0.2, 0.25) is 0 Å². The zero-order chi connectivity index (χ0) is 17.8. The lowest BCUT2D eigenvalue weighted by Gasteiger charge is -2.29. The Morgan fingerprint density at radius 3 is 2.56 bits per heavy atom. The molecule has 0 atom stereocenters. The molecule has 1 aliphatic heterocycles. The highest BCUT2D eigenvalue weighted by molar-refractivity contribution is 9.10. The van der Waals surface area contributed by atoms with Crippen LogP contribution in [0.1, 0.15) is 15.9 Å². The van der Waals surface area contributed by atoms with Crippen LogP contribution in [-0.2, 0) is 11.3 Å². The van der Waals surface area contributed by atoms with Crippen molar-refractivity contribution in [1.82, 2.24) is 4.90 Å². The van der Waals surface area contributed by atoms with E-state index in [0.717, 1.165) is 36.3 Å². The van der Waals surface area contributed by atoms with Gasteiger partial charge in [0.1, 0.15) is 0 Å². The highest BCUT2D eigenvalue weighted by atomic mass is 79.9. The molecule has 6 heteroatoms. The summed E-state index contributed by atoms with van der Waals surface area (Å²) >= 11 is 9.54. The van der Waals surface area contributed by atoms with Gasteiger partial charge in [0.25, 0.3) is 5.91 Å². The first-order chi connectivity index (χ1) is 12.0. The molecule has 3 rings (SSSR count). The molecule has 1 saturated heterocycles. The molecule has 0 N–H and O–H groups in total. The van der Waals surface area contributed by atoms with Crippen molar-refractivity contribution >= 4 is 39.1 Å². The van der Waals surface area contributed by atoms with Gasteiger partial charge in [-0.05, 0) is 35.9 Å². The fourth-order valence-corrected chi connectivity index (χ4v) is 3.41. The number of carbonyl (C=O) groups excluding carboxylic acids is 1. The molecule has 2 aromatic rings. The van der Waals surface area contributed by atoms with Crippen LogP contribution in [0.15, 0.2) is 46.9 Å². The number of amides is 1. The third kappa shape index (κ3) is 4.54. The number of hydrogen-bond acceptors (Lipinski definition) is 3. The first kappa shape index (κ1) is 18.2. The Labute approximate surface area is 161 Å². The van der Waals surface area contributed by atoms with E-state index in [1.54, 1.807) is 24.1 Å². The zero-order valence-corrected chi connectivity index (χ0v) is 16.4. The van der Waals surface area contributed by atoms with Crippen molar-refractivity contribution in [3.8, 4) is 0 Å². The minimum atomic E-state index is -0.0939. The molecule has 0 aliphatic carbocycles. The van der Waals surface area contributed by atoms with Crippen molar-refractivity contribution < 1.29 is 9.53 Å². The maximum atomic E-state index is 12.6. The second-order valence-electron chi connectivity index (χ2n) is 6.05. The van der Waals surface area contributed by atoms with E-state index in [2.05, 4.69) is 45.1 Å². The van der Waals surface area contributed by atoms with Crippen LogP contribution >= 0.6 is 27.5 Å². The Morgan fingerprint density at radius 2 is 1.88 bits per heavy atom. The third-order valence-electron chi connectivity index (χ3n) is 4.24. The van der Waals surface area contributed by atoms with Gasteiger partial charge in [-0.25, -0.2) is 0 Å². The van der Waals surface area contributed by atoms with Crippen molar-refractivity contribution in [3.63, 3.8) is 0 Å². The van der Waals surface area contributed by atoms with E-state index in [-0.39, 0.29) is 5.91 Å². The van der Waals surface area contributed by atoms with Crippen LogP contribution < -0.4 is 4.90 Å². The first-order valence-electron chi connectivity index (χ1n) is 8.17. The van der Waals surface area contributed by atoms with E-state index >= 15 is 0 Å². The van der Waals surface area contributed by atoms with E-state index in [9.17, 15) is 4.79 Å². The molecule has 1 fully saturated rings. The predicted molar refractivity (Wildman–Crippen MR) is 104 cm³/mol. The summed E-state index contributed by atoms with van der Waals surface area (Å²) in [6.07, 6.45) is 0. The van der Waals surface area contributed by atoms with E-state index in [0.29, 0.717) is 17.1 Å². The summed E-state index contributed by atoms with van der Waals surface area (Å²) in [4.78, 5) is 16.6. The van der Waals surface area contributed by atoms with Gasteiger partial charge in [0, 0.05) is 36.8 Å². The van der Waals surface area contributed by atoms with Crippen LogP contribution in [0.25, 0.3) is 0 Å². The van der Waals surface area contributed by atoms with Crippen LogP contribution in [0.5, 0.6) is 0 Å². The average Bonchev–Trinajstić information content (AvgIpc) is 2.64. The Morgan fingerprint density at radius 1 is 1.20 bits per heavy atom. The summed E-state index contributed by atoms with van der Waals surface area (Å²) in [5.74, 6) is -0.0939. The van der Waals surface area contributed by atoms with Gasteiger partial charge in [0.05, 0.1) is 23.8 Å². The number of hydrogen-bond donors (Lipinski definition) is 0. The molecule has 0 radical (unpaired) electrons. The summed E-state index contributed by atoms with van der Waals surface area (Å²) in [5.41, 5.74) is 2.78. The Kier molecular flexibility index (Phi) is 5.99. The molecule has 132 valence electrons. The molecule has 1 aliphatic rings. The van der Waals surface area contributed by atoms with Gasteiger partial charge in [-0.15, -0.1) is 0 Å². The van der Waals surface area contributed by atoms with Crippen LogP contribution in [0.2, 0.25) is 5.02 Å². The van der Waals surface area contributed by atoms with Gasteiger partial charge in [-0.1, -0.05) is 39.7 Å². The minimum Gasteiger partial charge on any atom is -0.378 e. The third-order valence-corrected chi connectivity index (χ3v) is 5.06. The topological polar surface area (TPSA) is 32.8 Å². The second-order valence-corrected chi connectivity index (χ2v) is 7.37. The maximum absolute atomic E-state index is 12.6. The summed E-state index contributed by atoms with van der Waals surface area (Å²) in [6, 6.07) is 13.6. The molecule has 0 saturated carbocycles. The second kappa shape index (κ2) is 8.21. The molecular formula is C19H20BrClN2O2. The van der Waals surface area contributed by atoms with Crippen molar-refractivity contribution in [2.75, 3.05) is 38.3 Å². The van der Waals surface area contributed by atoms with Crippen molar-refractivity contribution in [2.24, 2.45) is 0 Å². The van der Waals surface area contributed by atoms with E-state index in [1.165, 1.54) is 5.69 Å². The molecule has 0 aromatic heterocycles. The smallest absolute Gasteiger partial charge is 0.255 e. The van der Waals surface area contributed by atoms with E-state index in [4.69, 9.17) is 16.3 Å². The van der Waals surface area contributed by atoms with Gasteiger partial charge >= 0.3 is 0 Å². The van der Waals surface area contributed by atoms with Gasteiger partial charge in [-0.3, -0.25) is 4.79 Å². The molecule has 4 nitrogen and oxygen atoms in total. The van der Waals surface area contributed by atoms with Gasteiger partial charge in [-0.2, -0.15) is 0 Å². The standard InChI is InChI=1S/C19H20BrClN2O2/c1-22(19(24)17-12-15(20)4-7-18(17)21)13-14-2-5-16(6-3-14)23-8-10-25-11-9-23/h2-7,12H,8-11,13H2,1H3. The van der Waals surface area contributed by atoms with E-state index < -0.39 is 0 Å². The number of halogens is 2. The van der Waals surface area contributed by atoms with Crippen molar-refractivity contribution in [1.29, 1.82) is 0 Å². The summed E-state index contributed by atoms with van der Waals surface area (Å²) in [6.45, 7) is 3.90. The number of benzene rings is 2. The van der Waals surface area contributed by atoms with Crippen LogP contribution in [0.3, 0.4) is 0 Å². The fraction of sp³-hybridized carbons (Fsp3) is 0.316. The highest BCUT2D eigenvalue weighted by Crippen LogP contribution is 2.23. The van der Waals surface area contributed by atoms with Gasteiger partial charge < -0.3 is 14.5 Å². The molecule has 1 heterocycles. The lowest BCUT2D eigenvalue weighted by molar-refractivity contribution is 0.0785. The highest BCUT2D eigenvalue weighted by Gasteiger charge is 2.16. The van der Waals surface area contributed by atoms with Crippen LogP contribution in [0, 0.1) is 0 Å². The number of nitrogens with zero attached hydrogens (tertiary/aromatic N) is 2. The summed E-state index contributed by atoms with van der Waals surface area (Å²) < 4.78 is 6.22. The Bertz CT molecular complexity index is 746. The quantitative estimate of drug-likeness (QED) is 0.738. The largest absolute Gasteiger partial charge is 0.378 e. The number of ether oxygens (including phenoxy) is 1. The number of carbonyl (C=O) groups is 1. The number of rotatable bonds is 4. The molecule has 1 amide bonds. The predicted octanol–water partition coefficient (Wildman–Crippen LogP) is 4.21. The monoisotopic (exact) mass is 422 g/mol. The molecule has 0 spiro atoms. The van der Waals surface area contributed by atoms with Crippen LogP contribution in [-0.4, -0.2) is 44.2 Å². The van der Waals surface area contributed by atoms with Gasteiger partial charge in [0.15, 0.2) is 0 Å². The summed E-state index contributed by atoms with van der Waals surface area (Å²) in [5, 5.41) is 0.461.